The van der Waals surface area contributed by atoms with Crippen molar-refractivity contribution in [1.29, 1.82) is 0 Å². The number of rotatable bonds is 1. The second-order valence-corrected chi connectivity index (χ2v) is 8.24. The van der Waals surface area contributed by atoms with Crippen molar-refractivity contribution in [2.45, 2.75) is 32.7 Å². The maximum Gasteiger partial charge on any atom is 0.132 e. The molecule has 1 atom stereocenters. The van der Waals surface area contributed by atoms with E-state index in [1.807, 2.05) is 13.0 Å². The van der Waals surface area contributed by atoms with Gasteiger partial charge in [0.1, 0.15) is 14.2 Å². The zero-order valence-corrected chi connectivity index (χ0v) is 8.68. The first kappa shape index (κ1) is 10.5. The Hall–Kier alpha value is -0.523. The largest absolute Gasteiger partial charge is 0.377 e. The highest BCUT2D eigenvalue weighted by Crippen LogP contribution is 1.96. The molecule has 0 aromatic heterocycles. The summed E-state index contributed by atoms with van der Waals surface area (Å²) in [5.41, 5.74) is 3.09. The summed E-state index contributed by atoms with van der Waals surface area (Å²) in [6, 6.07) is 0. The number of aliphatic hydroxyl groups excluding tert-OH is 1. The van der Waals surface area contributed by atoms with E-state index in [0.717, 1.165) is 0 Å². The molecule has 0 heterocycles. The lowest BCUT2D eigenvalue weighted by Crippen LogP contribution is -2.17. The van der Waals surface area contributed by atoms with Crippen LogP contribution in [0.4, 0.5) is 0 Å². The first-order valence-corrected chi connectivity index (χ1v) is 7.29. The van der Waals surface area contributed by atoms with Crippen LogP contribution in [-0.2, 0) is 0 Å². The molecule has 0 saturated heterocycles. The summed E-state index contributed by atoms with van der Waals surface area (Å²) >= 11 is 0. The molecule has 11 heavy (non-hydrogen) atoms. The Morgan fingerprint density at radius 3 is 2.27 bits per heavy atom. The summed E-state index contributed by atoms with van der Waals surface area (Å²) in [6.45, 7) is 8.34. The Balaban J connectivity index is 4.08. The van der Waals surface area contributed by atoms with Crippen LogP contribution < -0.4 is 0 Å². The van der Waals surface area contributed by atoms with Gasteiger partial charge in [0.2, 0.25) is 0 Å². The number of allylic oxidation sites excluding steroid dienone is 1. The van der Waals surface area contributed by atoms with Crippen LogP contribution in [0.15, 0.2) is 12.2 Å². The molecule has 1 unspecified atom stereocenters. The van der Waals surface area contributed by atoms with Crippen LogP contribution in [0, 0.1) is 11.5 Å². The zero-order chi connectivity index (χ0) is 8.91. The lowest BCUT2D eigenvalue weighted by atomic mass is 10.3. The van der Waals surface area contributed by atoms with Crippen molar-refractivity contribution in [1.82, 2.24) is 0 Å². The molecule has 62 valence electrons. The van der Waals surface area contributed by atoms with Gasteiger partial charge in [-0.3, -0.25) is 0 Å². The molecule has 0 aliphatic rings. The number of hydrogen-bond acceptors (Lipinski definition) is 1. The Bertz CT molecular complexity index is 190. The van der Waals surface area contributed by atoms with Gasteiger partial charge in [0.25, 0.3) is 0 Å². The Morgan fingerprint density at radius 1 is 1.36 bits per heavy atom. The van der Waals surface area contributed by atoms with Crippen LogP contribution in [0.25, 0.3) is 0 Å². The molecule has 0 fully saturated rings. The third-order valence-electron chi connectivity index (χ3n) is 0.970. The van der Waals surface area contributed by atoms with Crippen molar-refractivity contribution in [3.05, 3.63) is 12.2 Å². The van der Waals surface area contributed by atoms with Crippen LogP contribution in [0.5, 0.6) is 0 Å². The third-order valence-corrected chi connectivity index (χ3v) is 1.86. The standard InChI is InChI=1S/C9H16OSi/c1-5-6-9(10)7-8-11(2,3)4/h5-6,9-10H,1-4H3. The fourth-order valence-electron chi connectivity index (χ4n) is 0.521. The molecule has 0 aromatic rings. The minimum absolute atomic E-state index is 0.577. The summed E-state index contributed by atoms with van der Waals surface area (Å²) in [5, 5.41) is 9.17. The van der Waals surface area contributed by atoms with Gasteiger partial charge in [0.15, 0.2) is 0 Å². The maximum atomic E-state index is 9.17. The molecule has 0 radical (unpaired) electrons. The van der Waals surface area contributed by atoms with E-state index < -0.39 is 14.2 Å². The molecule has 1 nitrogen and oxygen atoms in total. The van der Waals surface area contributed by atoms with Gasteiger partial charge in [-0.15, -0.1) is 5.54 Å². The predicted molar refractivity (Wildman–Crippen MR) is 51.9 cm³/mol. The van der Waals surface area contributed by atoms with Crippen molar-refractivity contribution in [3.8, 4) is 11.5 Å². The molecule has 2 heteroatoms. The van der Waals surface area contributed by atoms with Gasteiger partial charge in [-0.05, 0) is 13.0 Å². The second-order valence-electron chi connectivity index (χ2n) is 3.49. The first-order valence-electron chi connectivity index (χ1n) is 3.79. The van der Waals surface area contributed by atoms with Gasteiger partial charge in [-0.2, -0.15) is 0 Å². The molecule has 0 aliphatic heterocycles. The average molecular weight is 168 g/mol. The van der Waals surface area contributed by atoms with E-state index >= 15 is 0 Å². The summed E-state index contributed by atoms with van der Waals surface area (Å²) < 4.78 is 0. The van der Waals surface area contributed by atoms with Crippen LogP contribution in [0.2, 0.25) is 19.6 Å². The second kappa shape index (κ2) is 4.37. The van der Waals surface area contributed by atoms with Gasteiger partial charge in [0.05, 0.1) is 0 Å². The average Bonchev–Trinajstić information content (AvgIpc) is 1.83. The highest BCUT2D eigenvalue weighted by atomic mass is 28.3. The van der Waals surface area contributed by atoms with Crippen LogP contribution in [0.1, 0.15) is 6.92 Å². The highest BCUT2D eigenvalue weighted by molar-refractivity contribution is 6.83. The SMILES string of the molecule is CC=CC(O)C#C[Si](C)(C)C. The van der Waals surface area contributed by atoms with E-state index in [-0.39, 0.29) is 0 Å². The molecule has 0 aromatic carbocycles. The zero-order valence-electron chi connectivity index (χ0n) is 7.68. The maximum absolute atomic E-state index is 9.17. The molecule has 0 spiro atoms. The summed E-state index contributed by atoms with van der Waals surface area (Å²) in [5.74, 6) is 2.80. The predicted octanol–water partition coefficient (Wildman–Crippen LogP) is 1.80. The van der Waals surface area contributed by atoms with E-state index in [4.69, 9.17) is 0 Å². The normalized spacial score (nSPS) is 14.3. The van der Waals surface area contributed by atoms with E-state index in [0.29, 0.717) is 0 Å². The van der Waals surface area contributed by atoms with Crippen LogP contribution >= 0.6 is 0 Å². The Labute approximate surface area is 70.1 Å². The lowest BCUT2D eigenvalue weighted by Gasteiger charge is -2.03. The third kappa shape index (κ3) is 7.37. The van der Waals surface area contributed by atoms with Gasteiger partial charge in [-0.25, -0.2) is 0 Å². The Kier molecular flexibility index (Phi) is 4.17. The van der Waals surface area contributed by atoms with Crippen molar-refractivity contribution in [3.63, 3.8) is 0 Å². The molecular weight excluding hydrogens is 152 g/mol. The molecule has 0 saturated carbocycles. The molecule has 1 N–H and O–H groups in total. The highest BCUT2D eigenvalue weighted by Gasteiger charge is 2.07. The number of aliphatic hydroxyl groups is 1. The fourth-order valence-corrected chi connectivity index (χ4v) is 1.10. The molecule has 0 aliphatic carbocycles. The van der Waals surface area contributed by atoms with E-state index in [1.165, 1.54) is 0 Å². The lowest BCUT2D eigenvalue weighted by molar-refractivity contribution is 0.280. The molecule has 0 amide bonds. The van der Waals surface area contributed by atoms with Crippen LogP contribution in [0.3, 0.4) is 0 Å². The Morgan fingerprint density at radius 2 is 1.91 bits per heavy atom. The van der Waals surface area contributed by atoms with Gasteiger partial charge in [-0.1, -0.05) is 31.6 Å². The van der Waals surface area contributed by atoms with Crippen LogP contribution in [-0.4, -0.2) is 19.3 Å². The van der Waals surface area contributed by atoms with Crippen molar-refractivity contribution in [2.24, 2.45) is 0 Å². The van der Waals surface area contributed by atoms with Gasteiger partial charge >= 0.3 is 0 Å². The number of hydrogen-bond donors (Lipinski definition) is 1. The summed E-state index contributed by atoms with van der Waals surface area (Å²) in [6.07, 6.45) is 2.92. The monoisotopic (exact) mass is 168 g/mol. The van der Waals surface area contributed by atoms with E-state index in [2.05, 4.69) is 31.1 Å². The molecule has 0 rings (SSSR count). The smallest absolute Gasteiger partial charge is 0.132 e. The minimum atomic E-state index is -1.30. The van der Waals surface area contributed by atoms with Crippen molar-refractivity contribution >= 4 is 8.07 Å². The first-order chi connectivity index (χ1) is 4.95. The van der Waals surface area contributed by atoms with E-state index in [9.17, 15) is 5.11 Å². The minimum Gasteiger partial charge on any atom is -0.377 e. The van der Waals surface area contributed by atoms with Gasteiger partial charge in [0, 0.05) is 0 Å². The van der Waals surface area contributed by atoms with Gasteiger partial charge < -0.3 is 5.11 Å². The summed E-state index contributed by atoms with van der Waals surface area (Å²) in [4.78, 5) is 0. The quantitative estimate of drug-likeness (QED) is 0.360. The fraction of sp³-hybridized carbons (Fsp3) is 0.556. The van der Waals surface area contributed by atoms with Crippen molar-refractivity contribution in [2.75, 3.05) is 0 Å². The topological polar surface area (TPSA) is 20.2 Å². The van der Waals surface area contributed by atoms with Crippen molar-refractivity contribution < 1.29 is 5.11 Å². The summed E-state index contributed by atoms with van der Waals surface area (Å²) in [7, 11) is -1.30. The van der Waals surface area contributed by atoms with E-state index in [1.54, 1.807) is 6.08 Å². The molecular formula is C9H16OSi. The molecule has 0 bridgehead atoms.